The fourth-order valence-electron chi connectivity index (χ4n) is 9.39. The Hall–Kier alpha value is -8.46. The van der Waals surface area contributed by atoms with E-state index in [-0.39, 0.29) is 0 Å². The molecule has 0 radical (unpaired) electrons. The van der Waals surface area contributed by atoms with E-state index in [2.05, 4.69) is 254 Å². The van der Waals surface area contributed by atoms with E-state index < -0.39 is 0 Å². The second-order valence-corrected chi connectivity index (χ2v) is 16.5. The van der Waals surface area contributed by atoms with Crippen molar-refractivity contribution in [2.45, 2.75) is 0 Å². The summed E-state index contributed by atoms with van der Waals surface area (Å²) in [6, 6.07) is 89.6. The van der Waals surface area contributed by atoms with Crippen LogP contribution in [0.25, 0.3) is 99.1 Å². The molecule has 0 saturated heterocycles. The summed E-state index contributed by atoms with van der Waals surface area (Å²) < 4.78 is 6.61. The largest absolute Gasteiger partial charge is 0.455 e. The van der Waals surface area contributed by atoms with E-state index in [0.29, 0.717) is 0 Å². The van der Waals surface area contributed by atoms with Crippen LogP contribution in [0.15, 0.2) is 253 Å². The van der Waals surface area contributed by atoms with Gasteiger partial charge in [-0.05, 0) is 132 Å². The zero-order valence-corrected chi connectivity index (χ0v) is 35.0. The molecule has 1 heterocycles. The molecule has 0 atom stereocenters. The molecule has 64 heavy (non-hydrogen) atoms. The Labute approximate surface area is 372 Å². The number of furan rings is 1. The van der Waals surface area contributed by atoms with Gasteiger partial charge in [0.15, 0.2) is 0 Å². The molecule has 0 amide bonds. The predicted octanol–water partition coefficient (Wildman–Crippen LogP) is 17.7. The highest BCUT2D eigenvalue weighted by Crippen LogP contribution is 2.43. The molecule has 2 nitrogen and oxygen atoms in total. The molecule has 1 aromatic heterocycles. The van der Waals surface area contributed by atoms with E-state index in [9.17, 15) is 0 Å². The zero-order valence-electron chi connectivity index (χ0n) is 35.0. The molecule has 2 heteroatoms. The highest BCUT2D eigenvalue weighted by Gasteiger charge is 2.18. The van der Waals surface area contributed by atoms with Crippen LogP contribution in [0, 0.1) is 0 Å². The van der Waals surface area contributed by atoms with Gasteiger partial charge in [0.05, 0.1) is 0 Å². The van der Waals surface area contributed by atoms with Gasteiger partial charge >= 0.3 is 0 Å². The fraction of sp³-hybridized carbons (Fsp3) is 0. The first-order chi connectivity index (χ1) is 31.7. The van der Waals surface area contributed by atoms with Gasteiger partial charge in [-0.25, -0.2) is 0 Å². The second-order valence-electron chi connectivity index (χ2n) is 16.5. The first-order valence-corrected chi connectivity index (χ1v) is 21.9. The first-order valence-electron chi connectivity index (χ1n) is 21.9. The molecule has 0 bridgehead atoms. The number of anilines is 3. The predicted molar refractivity (Wildman–Crippen MR) is 271 cm³/mol. The molecular weight excluding hydrogens is 775 g/mol. The highest BCUT2D eigenvalue weighted by molar-refractivity contribution is 6.19. The van der Waals surface area contributed by atoms with Crippen LogP contribution in [0.2, 0.25) is 0 Å². The lowest BCUT2D eigenvalue weighted by molar-refractivity contribution is 0.673. The lowest BCUT2D eigenvalue weighted by atomic mass is 9.97. The van der Waals surface area contributed by atoms with Crippen molar-refractivity contribution < 1.29 is 4.42 Å². The Morgan fingerprint density at radius 1 is 0.266 bits per heavy atom. The molecule has 12 aromatic rings. The third-order valence-corrected chi connectivity index (χ3v) is 12.7. The van der Waals surface area contributed by atoms with Gasteiger partial charge in [-0.15, -0.1) is 0 Å². The van der Waals surface area contributed by atoms with E-state index in [0.717, 1.165) is 55.5 Å². The maximum atomic E-state index is 6.61. The van der Waals surface area contributed by atoms with E-state index >= 15 is 0 Å². The van der Waals surface area contributed by atoms with E-state index in [1.54, 1.807) is 0 Å². The summed E-state index contributed by atoms with van der Waals surface area (Å²) in [5, 5.41) is 7.06. The summed E-state index contributed by atoms with van der Waals surface area (Å²) in [5.41, 5.74) is 16.9. The average Bonchev–Trinajstić information content (AvgIpc) is 3.77. The lowest BCUT2D eigenvalue weighted by Gasteiger charge is -2.26. The monoisotopic (exact) mass is 815 g/mol. The quantitative estimate of drug-likeness (QED) is 0.152. The lowest BCUT2D eigenvalue weighted by Crippen LogP contribution is -2.10. The topological polar surface area (TPSA) is 16.4 Å². The van der Waals surface area contributed by atoms with Crippen LogP contribution in [-0.2, 0) is 0 Å². The Bertz CT molecular complexity index is 3640. The third-order valence-electron chi connectivity index (χ3n) is 12.7. The minimum atomic E-state index is 0.888. The average molecular weight is 816 g/mol. The molecular formula is C62H41NO. The molecule has 0 N–H and O–H groups in total. The van der Waals surface area contributed by atoms with Crippen LogP contribution >= 0.6 is 0 Å². The van der Waals surface area contributed by atoms with Crippen molar-refractivity contribution in [3.63, 3.8) is 0 Å². The summed E-state index contributed by atoms with van der Waals surface area (Å²) in [4.78, 5) is 2.36. The highest BCUT2D eigenvalue weighted by atomic mass is 16.3. The van der Waals surface area contributed by atoms with Crippen LogP contribution in [0.5, 0.6) is 0 Å². The van der Waals surface area contributed by atoms with Crippen molar-refractivity contribution in [1.82, 2.24) is 0 Å². The van der Waals surface area contributed by atoms with Crippen LogP contribution in [0.3, 0.4) is 0 Å². The van der Waals surface area contributed by atoms with Crippen molar-refractivity contribution in [2.24, 2.45) is 0 Å². The van der Waals surface area contributed by atoms with E-state index in [4.69, 9.17) is 4.42 Å². The zero-order chi connectivity index (χ0) is 42.4. The first kappa shape index (κ1) is 37.3. The number of benzene rings is 11. The van der Waals surface area contributed by atoms with Crippen LogP contribution in [0.4, 0.5) is 17.1 Å². The number of hydrogen-bond donors (Lipinski definition) is 0. The smallest absolute Gasteiger partial charge is 0.143 e. The molecule has 0 aliphatic heterocycles. The normalized spacial score (nSPS) is 11.4. The minimum Gasteiger partial charge on any atom is -0.455 e. The molecule has 0 fully saturated rings. The number of fused-ring (bicyclic) bond motifs is 6. The van der Waals surface area contributed by atoms with Crippen LogP contribution in [0.1, 0.15) is 0 Å². The molecule has 0 aliphatic rings. The Morgan fingerprint density at radius 2 is 0.766 bits per heavy atom. The summed E-state index contributed by atoms with van der Waals surface area (Å²) in [6.45, 7) is 0. The van der Waals surface area contributed by atoms with E-state index in [1.165, 1.54) is 60.7 Å². The number of hydrogen-bond acceptors (Lipinski definition) is 2. The van der Waals surface area contributed by atoms with Crippen LogP contribution < -0.4 is 4.90 Å². The van der Waals surface area contributed by atoms with Crippen molar-refractivity contribution in [3.05, 3.63) is 249 Å². The van der Waals surface area contributed by atoms with Gasteiger partial charge < -0.3 is 9.32 Å². The molecule has 0 saturated carbocycles. The summed E-state index contributed by atoms with van der Waals surface area (Å²) in [5.74, 6) is 0. The number of rotatable bonds is 8. The van der Waals surface area contributed by atoms with Crippen molar-refractivity contribution in [3.8, 4) is 55.6 Å². The van der Waals surface area contributed by atoms with Gasteiger partial charge in [-0.3, -0.25) is 0 Å². The Balaban J connectivity index is 0.926. The summed E-state index contributed by atoms with van der Waals surface area (Å²) >= 11 is 0. The Kier molecular flexibility index (Phi) is 9.20. The molecule has 300 valence electrons. The number of nitrogens with zero attached hydrogens (tertiary/aromatic N) is 1. The minimum absolute atomic E-state index is 0.888. The molecule has 0 aliphatic carbocycles. The third kappa shape index (κ3) is 6.79. The maximum absolute atomic E-state index is 6.61. The van der Waals surface area contributed by atoms with Crippen molar-refractivity contribution in [1.29, 1.82) is 0 Å². The molecule has 0 unspecified atom stereocenters. The van der Waals surface area contributed by atoms with Gasteiger partial charge in [0.2, 0.25) is 0 Å². The van der Waals surface area contributed by atoms with Gasteiger partial charge in [0.1, 0.15) is 11.2 Å². The van der Waals surface area contributed by atoms with Crippen LogP contribution in [-0.4, -0.2) is 0 Å². The summed E-state index contributed by atoms with van der Waals surface area (Å²) in [7, 11) is 0. The summed E-state index contributed by atoms with van der Waals surface area (Å²) in [6.07, 6.45) is 0. The molecule has 11 aromatic carbocycles. The SMILES string of the molecule is c1ccc(-c2cccc(-c3ccc(N(c4ccc(-c5ccc(-c6ccc7ccccc7c6)cc5)cc4)c4cccc(-c5cccc6oc7c8ccccc8ccc7c56)c4)cc3)c2)cc1. The second kappa shape index (κ2) is 15.8. The standard InChI is InChI=1S/C62H41NO/c1-2-11-42(12-3-1)50-16-8-17-51(39-50)47-31-36-55(37-32-47)63(54-34-29-45(30-35-54)44-23-25-46(26-24-44)52-28-27-43-13-4-5-15-49(43)40-52)56-19-9-18-53(41-56)57-21-10-22-60-61(57)59-38-33-48-14-6-7-20-58(48)62(59)64-60/h1-41H. The van der Waals surface area contributed by atoms with E-state index in [1.807, 2.05) is 0 Å². The van der Waals surface area contributed by atoms with Crippen molar-refractivity contribution in [2.75, 3.05) is 4.90 Å². The van der Waals surface area contributed by atoms with Gasteiger partial charge in [-0.1, -0.05) is 188 Å². The Morgan fingerprint density at radius 3 is 1.48 bits per heavy atom. The van der Waals surface area contributed by atoms with Gasteiger partial charge in [-0.2, -0.15) is 0 Å². The van der Waals surface area contributed by atoms with Gasteiger partial charge in [0, 0.05) is 33.2 Å². The maximum Gasteiger partial charge on any atom is 0.143 e. The van der Waals surface area contributed by atoms with Gasteiger partial charge in [0.25, 0.3) is 0 Å². The fourth-order valence-corrected chi connectivity index (χ4v) is 9.39. The molecule has 0 spiro atoms. The van der Waals surface area contributed by atoms with Crippen molar-refractivity contribution >= 4 is 60.5 Å². The molecule has 12 rings (SSSR count).